The second kappa shape index (κ2) is 6.17. The van der Waals surface area contributed by atoms with Gasteiger partial charge in [-0.15, -0.1) is 0 Å². The van der Waals surface area contributed by atoms with Gasteiger partial charge in [0.05, 0.1) is 0 Å². The highest BCUT2D eigenvalue weighted by Gasteiger charge is 2.13. The quantitative estimate of drug-likeness (QED) is 0.910. The van der Waals surface area contributed by atoms with E-state index >= 15 is 0 Å². The van der Waals surface area contributed by atoms with Gasteiger partial charge in [0.25, 0.3) is 0 Å². The number of rotatable bonds is 5. The summed E-state index contributed by atoms with van der Waals surface area (Å²) in [6.07, 6.45) is 0. The lowest BCUT2D eigenvalue weighted by Gasteiger charge is -2.17. The van der Waals surface area contributed by atoms with E-state index in [2.05, 4.69) is 55.0 Å². The number of aromatic nitrogens is 1. The van der Waals surface area contributed by atoms with Crippen molar-refractivity contribution in [3.8, 4) is 0 Å². The number of aromatic amines is 1. The van der Waals surface area contributed by atoms with Crippen LogP contribution >= 0.6 is 11.3 Å². The minimum Gasteiger partial charge on any atom is -0.316 e. The first-order valence-electron chi connectivity index (χ1n) is 6.50. The van der Waals surface area contributed by atoms with Gasteiger partial charge in [0.15, 0.2) is 0 Å². The van der Waals surface area contributed by atoms with Crippen LogP contribution in [0.1, 0.15) is 35.9 Å². The summed E-state index contributed by atoms with van der Waals surface area (Å²) in [7, 11) is 2.08. The second-order valence-electron chi connectivity index (χ2n) is 5.16. The molecule has 0 fully saturated rings. The monoisotopic (exact) mass is 276 g/mol. The van der Waals surface area contributed by atoms with Gasteiger partial charge in [-0.2, -0.15) is 0 Å². The fraction of sp³-hybridized carbons (Fsp3) is 0.400. The van der Waals surface area contributed by atoms with Gasteiger partial charge in [0.2, 0.25) is 0 Å². The van der Waals surface area contributed by atoms with Gasteiger partial charge < -0.3 is 4.98 Å². The van der Waals surface area contributed by atoms with Crippen molar-refractivity contribution in [2.45, 2.75) is 32.9 Å². The molecular weight excluding hydrogens is 256 g/mol. The Bertz CT molecular complexity index is 571. The first-order valence-corrected chi connectivity index (χ1v) is 7.32. The second-order valence-corrected chi connectivity index (χ2v) is 6.23. The third kappa shape index (κ3) is 3.78. The molecule has 2 aromatic rings. The number of hydrogen-bond donors (Lipinski definition) is 1. The summed E-state index contributed by atoms with van der Waals surface area (Å²) in [4.78, 5) is 17.9. The summed E-state index contributed by atoms with van der Waals surface area (Å²) in [6, 6.07) is 10.4. The maximum Gasteiger partial charge on any atom is 0.304 e. The van der Waals surface area contributed by atoms with Crippen molar-refractivity contribution >= 4 is 11.3 Å². The third-order valence-corrected chi connectivity index (χ3v) is 3.92. The van der Waals surface area contributed by atoms with Crippen LogP contribution in [0.4, 0.5) is 0 Å². The Hall–Kier alpha value is -1.39. The summed E-state index contributed by atoms with van der Waals surface area (Å²) in [6.45, 7) is 5.92. The minimum atomic E-state index is 0.0480. The van der Waals surface area contributed by atoms with Gasteiger partial charge >= 0.3 is 4.87 Å². The fourth-order valence-electron chi connectivity index (χ4n) is 2.15. The number of hydrogen-bond acceptors (Lipinski definition) is 3. The predicted octanol–water partition coefficient (Wildman–Crippen LogP) is 3.19. The van der Waals surface area contributed by atoms with Crippen LogP contribution in [0.25, 0.3) is 0 Å². The van der Waals surface area contributed by atoms with Gasteiger partial charge in [-0.25, -0.2) is 0 Å². The molecular formula is C15H20N2OS. The third-order valence-electron chi connectivity index (χ3n) is 3.04. The SMILES string of the molecule is CC(C)c1[nH]c(=O)sc1CN(C)Cc1ccccc1. The maximum absolute atomic E-state index is 11.5. The molecule has 1 aromatic carbocycles. The Balaban J connectivity index is 2.07. The summed E-state index contributed by atoms with van der Waals surface area (Å²) in [5.41, 5.74) is 2.37. The first-order chi connectivity index (χ1) is 9.06. The lowest BCUT2D eigenvalue weighted by Crippen LogP contribution is -2.17. The molecule has 2 rings (SSSR count). The molecule has 0 aliphatic carbocycles. The summed E-state index contributed by atoms with van der Waals surface area (Å²) in [5, 5.41) is 0. The molecule has 0 saturated heterocycles. The van der Waals surface area contributed by atoms with E-state index in [-0.39, 0.29) is 4.87 Å². The lowest BCUT2D eigenvalue weighted by atomic mass is 10.1. The van der Waals surface area contributed by atoms with E-state index < -0.39 is 0 Å². The molecule has 19 heavy (non-hydrogen) atoms. The topological polar surface area (TPSA) is 36.1 Å². The Morgan fingerprint density at radius 1 is 1.21 bits per heavy atom. The number of nitrogens with one attached hydrogen (secondary N) is 1. The zero-order chi connectivity index (χ0) is 13.8. The molecule has 0 bridgehead atoms. The highest BCUT2D eigenvalue weighted by molar-refractivity contribution is 7.09. The van der Waals surface area contributed by atoms with Gasteiger partial charge in [-0.05, 0) is 18.5 Å². The Kier molecular flexibility index (Phi) is 4.56. The number of thiazole rings is 1. The molecule has 0 radical (unpaired) electrons. The number of nitrogens with zero attached hydrogens (tertiary/aromatic N) is 1. The molecule has 0 aliphatic rings. The van der Waals surface area contributed by atoms with E-state index in [9.17, 15) is 4.79 Å². The summed E-state index contributed by atoms with van der Waals surface area (Å²) in [5.74, 6) is 0.360. The van der Waals surface area contributed by atoms with Crippen LogP contribution in [-0.2, 0) is 13.1 Å². The molecule has 4 heteroatoms. The first kappa shape index (κ1) is 14.0. The van der Waals surface area contributed by atoms with E-state index in [4.69, 9.17) is 0 Å². The van der Waals surface area contributed by atoms with Crippen molar-refractivity contribution in [3.63, 3.8) is 0 Å². The normalized spacial score (nSPS) is 11.4. The zero-order valence-corrected chi connectivity index (χ0v) is 12.5. The van der Waals surface area contributed by atoms with Gasteiger partial charge in [0.1, 0.15) is 0 Å². The number of benzene rings is 1. The highest BCUT2D eigenvalue weighted by atomic mass is 32.1. The van der Waals surface area contributed by atoms with Gasteiger partial charge in [0, 0.05) is 23.7 Å². The molecule has 102 valence electrons. The van der Waals surface area contributed by atoms with Crippen LogP contribution in [0.3, 0.4) is 0 Å². The van der Waals surface area contributed by atoms with Crippen LogP contribution in [-0.4, -0.2) is 16.9 Å². The summed E-state index contributed by atoms with van der Waals surface area (Å²) < 4.78 is 0. The molecule has 0 aliphatic heterocycles. The molecule has 1 aromatic heterocycles. The lowest BCUT2D eigenvalue weighted by molar-refractivity contribution is 0.320. The van der Waals surface area contributed by atoms with E-state index in [0.717, 1.165) is 23.7 Å². The van der Waals surface area contributed by atoms with Crippen molar-refractivity contribution in [1.29, 1.82) is 0 Å². The van der Waals surface area contributed by atoms with Crippen LogP contribution < -0.4 is 4.87 Å². The van der Waals surface area contributed by atoms with Crippen LogP contribution in [0.5, 0.6) is 0 Å². The molecule has 0 amide bonds. The molecule has 0 saturated carbocycles. The average Bonchev–Trinajstić information content (AvgIpc) is 2.71. The Labute approximate surface area is 117 Å². The zero-order valence-electron chi connectivity index (χ0n) is 11.6. The largest absolute Gasteiger partial charge is 0.316 e. The van der Waals surface area contributed by atoms with E-state index in [1.165, 1.54) is 16.9 Å². The van der Waals surface area contributed by atoms with Crippen LogP contribution in [0, 0.1) is 0 Å². The van der Waals surface area contributed by atoms with E-state index in [0.29, 0.717) is 5.92 Å². The van der Waals surface area contributed by atoms with Crippen molar-refractivity contribution < 1.29 is 0 Å². The number of H-pyrrole nitrogens is 1. The maximum atomic E-state index is 11.5. The van der Waals surface area contributed by atoms with Crippen LogP contribution in [0.15, 0.2) is 35.1 Å². The van der Waals surface area contributed by atoms with E-state index in [1.807, 2.05) is 6.07 Å². The van der Waals surface area contributed by atoms with Gasteiger partial charge in [-0.3, -0.25) is 9.69 Å². The fourth-order valence-corrected chi connectivity index (χ4v) is 3.22. The molecule has 0 unspecified atom stereocenters. The van der Waals surface area contributed by atoms with Gasteiger partial charge in [-0.1, -0.05) is 55.5 Å². The molecule has 1 heterocycles. The Morgan fingerprint density at radius 2 is 1.89 bits per heavy atom. The molecule has 0 spiro atoms. The smallest absolute Gasteiger partial charge is 0.304 e. The van der Waals surface area contributed by atoms with E-state index in [1.54, 1.807) is 0 Å². The van der Waals surface area contributed by atoms with Crippen molar-refractivity contribution in [3.05, 3.63) is 56.1 Å². The molecule has 1 N–H and O–H groups in total. The molecule has 0 atom stereocenters. The standard InChI is InChI=1S/C15H20N2OS/c1-11(2)14-13(19-15(18)16-14)10-17(3)9-12-7-5-4-6-8-12/h4-8,11H,9-10H2,1-3H3,(H,16,18). The van der Waals surface area contributed by atoms with Crippen molar-refractivity contribution in [2.75, 3.05) is 7.05 Å². The summed E-state index contributed by atoms with van der Waals surface area (Å²) >= 11 is 1.33. The highest BCUT2D eigenvalue weighted by Crippen LogP contribution is 2.20. The van der Waals surface area contributed by atoms with Crippen molar-refractivity contribution in [2.24, 2.45) is 0 Å². The van der Waals surface area contributed by atoms with Crippen LogP contribution in [0.2, 0.25) is 0 Å². The molecule has 3 nitrogen and oxygen atoms in total. The average molecular weight is 276 g/mol. The minimum absolute atomic E-state index is 0.0480. The van der Waals surface area contributed by atoms with Crippen molar-refractivity contribution in [1.82, 2.24) is 9.88 Å². The Morgan fingerprint density at radius 3 is 2.53 bits per heavy atom. The predicted molar refractivity (Wildman–Crippen MR) is 80.6 cm³/mol.